The van der Waals surface area contributed by atoms with Gasteiger partial charge in [-0.05, 0) is 48.9 Å². The van der Waals surface area contributed by atoms with E-state index in [4.69, 9.17) is 0 Å². The molecule has 0 aliphatic rings. The smallest absolute Gasteiger partial charge is 0.0477 e. The Morgan fingerprint density at radius 2 is 1.93 bits per heavy atom. The molecule has 0 aliphatic carbocycles. The maximum atomic E-state index is 2.32. The Balaban J connectivity index is 2.51. The van der Waals surface area contributed by atoms with Gasteiger partial charge in [-0.15, -0.1) is 22.7 Å². The second-order valence-electron chi connectivity index (χ2n) is 3.51. The maximum Gasteiger partial charge on any atom is 0.0477 e. The summed E-state index contributed by atoms with van der Waals surface area (Å²) in [6, 6.07) is 4.52. The Morgan fingerprint density at radius 3 is 2.43 bits per heavy atom. The molecule has 0 saturated heterocycles. The van der Waals surface area contributed by atoms with Crippen LogP contribution in [-0.2, 0) is 6.42 Å². The average molecular weight is 222 g/mol. The molecule has 2 aromatic heterocycles. The first-order valence-electron chi connectivity index (χ1n) is 4.86. The van der Waals surface area contributed by atoms with Crippen molar-refractivity contribution in [2.45, 2.75) is 27.2 Å². The van der Waals surface area contributed by atoms with Crippen molar-refractivity contribution in [1.82, 2.24) is 0 Å². The number of thiophene rings is 2. The molecule has 0 spiro atoms. The van der Waals surface area contributed by atoms with E-state index in [1.807, 2.05) is 22.7 Å². The summed E-state index contributed by atoms with van der Waals surface area (Å²) in [5.74, 6) is 0. The molecule has 0 nitrogen and oxygen atoms in total. The molecule has 0 atom stereocenters. The molecule has 0 radical (unpaired) electrons. The lowest BCUT2D eigenvalue weighted by atomic mass is 10.2. The Bertz CT molecular complexity index is 435. The molecule has 0 fully saturated rings. The van der Waals surface area contributed by atoms with E-state index >= 15 is 0 Å². The van der Waals surface area contributed by atoms with E-state index in [-0.39, 0.29) is 0 Å². The van der Waals surface area contributed by atoms with Crippen LogP contribution in [0.5, 0.6) is 0 Å². The number of aryl methyl sites for hydroxylation is 3. The van der Waals surface area contributed by atoms with Gasteiger partial charge >= 0.3 is 0 Å². The summed E-state index contributed by atoms with van der Waals surface area (Å²) in [6.45, 7) is 6.62. The van der Waals surface area contributed by atoms with Crippen molar-refractivity contribution < 1.29 is 0 Å². The van der Waals surface area contributed by atoms with Crippen molar-refractivity contribution in [1.29, 1.82) is 0 Å². The minimum Gasteiger partial charge on any atom is -0.143 e. The molecule has 2 rings (SSSR count). The summed E-state index contributed by atoms with van der Waals surface area (Å²) in [7, 11) is 0. The molecule has 2 heterocycles. The highest BCUT2D eigenvalue weighted by Crippen LogP contribution is 2.37. The van der Waals surface area contributed by atoms with Crippen LogP contribution < -0.4 is 0 Å². The van der Waals surface area contributed by atoms with Crippen LogP contribution in [0.1, 0.15) is 22.9 Å². The lowest BCUT2D eigenvalue weighted by Gasteiger charge is -1.96. The fraction of sp³-hybridized carbons (Fsp3) is 0.333. The van der Waals surface area contributed by atoms with Gasteiger partial charge in [0.25, 0.3) is 0 Å². The quantitative estimate of drug-likeness (QED) is 0.693. The standard InChI is InChI=1S/C12H14S2/c1-4-10-7-9(3)12(14-10)11-8(2)5-6-13-11/h5-7H,4H2,1-3H3. The molecule has 0 saturated carbocycles. The van der Waals surface area contributed by atoms with Gasteiger partial charge in [0.2, 0.25) is 0 Å². The molecular weight excluding hydrogens is 208 g/mol. The number of hydrogen-bond donors (Lipinski definition) is 0. The van der Waals surface area contributed by atoms with Crippen LogP contribution in [0.3, 0.4) is 0 Å². The molecule has 14 heavy (non-hydrogen) atoms. The predicted octanol–water partition coefficient (Wildman–Crippen LogP) is 4.66. The van der Waals surface area contributed by atoms with Crippen LogP contribution in [0.25, 0.3) is 9.75 Å². The Morgan fingerprint density at radius 1 is 1.14 bits per heavy atom. The zero-order valence-corrected chi connectivity index (χ0v) is 10.4. The van der Waals surface area contributed by atoms with Crippen molar-refractivity contribution >= 4 is 22.7 Å². The third-order valence-corrected chi connectivity index (χ3v) is 4.95. The van der Waals surface area contributed by atoms with Gasteiger partial charge in [0, 0.05) is 14.6 Å². The zero-order valence-electron chi connectivity index (χ0n) is 8.76. The Labute approximate surface area is 93.2 Å². The Hall–Kier alpha value is -0.600. The highest BCUT2D eigenvalue weighted by Gasteiger charge is 2.10. The Kier molecular flexibility index (Phi) is 2.75. The van der Waals surface area contributed by atoms with Gasteiger partial charge in [-0.3, -0.25) is 0 Å². The molecule has 0 unspecified atom stereocenters. The average Bonchev–Trinajstić information content (AvgIpc) is 2.72. The van der Waals surface area contributed by atoms with Gasteiger partial charge in [0.1, 0.15) is 0 Å². The van der Waals surface area contributed by atoms with Crippen molar-refractivity contribution in [3.8, 4) is 9.75 Å². The van der Waals surface area contributed by atoms with E-state index < -0.39 is 0 Å². The minimum absolute atomic E-state index is 1.15. The third-order valence-electron chi connectivity index (χ3n) is 2.39. The highest BCUT2D eigenvalue weighted by atomic mass is 32.1. The second-order valence-corrected chi connectivity index (χ2v) is 5.56. The van der Waals surface area contributed by atoms with Gasteiger partial charge in [-0.1, -0.05) is 6.92 Å². The van der Waals surface area contributed by atoms with Gasteiger partial charge in [-0.2, -0.15) is 0 Å². The van der Waals surface area contributed by atoms with Crippen molar-refractivity contribution in [3.05, 3.63) is 33.5 Å². The molecule has 0 N–H and O–H groups in total. The summed E-state index contributed by atoms with van der Waals surface area (Å²) in [5, 5.41) is 2.18. The van der Waals surface area contributed by atoms with Crippen molar-refractivity contribution in [2.24, 2.45) is 0 Å². The van der Waals surface area contributed by atoms with E-state index in [0.29, 0.717) is 0 Å². The van der Waals surface area contributed by atoms with Crippen LogP contribution in [0.15, 0.2) is 17.5 Å². The maximum absolute atomic E-state index is 2.32. The molecule has 74 valence electrons. The summed E-state index contributed by atoms with van der Waals surface area (Å²) in [6.07, 6.45) is 1.15. The van der Waals surface area contributed by atoms with Gasteiger partial charge in [-0.25, -0.2) is 0 Å². The summed E-state index contributed by atoms with van der Waals surface area (Å²) >= 11 is 3.79. The topological polar surface area (TPSA) is 0 Å². The van der Waals surface area contributed by atoms with Gasteiger partial charge in [0.05, 0.1) is 0 Å². The first-order valence-corrected chi connectivity index (χ1v) is 6.55. The summed E-state index contributed by atoms with van der Waals surface area (Å²) in [4.78, 5) is 4.41. The van der Waals surface area contributed by atoms with Gasteiger partial charge < -0.3 is 0 Å². The largest absolute Gasteiger partial charge is 0.143 e. The van der Waals surface area contributed by atoms with E-state index in [2.05, 4.69) is 38.3 Å². The molecule has 0 amide bonds. The number of rotatable bonds is 2. The lowest BCUT2D eigenvalue weighted by molar-refractivity contribution is 1.18. The van der Waals surface area contributed by atoms with E-state index in [9.17, 15) is 0 Å². The molecule has 0 bridgehead atoms. The van der Waals surface area contributed by atoms with Crippen LogP contribution in [-0.4, -0.2) is 0 Å². The first-order chi connectivity index (χ1) is 6.72. The third kappa shape index (κ3) is 1.64. The molecular formula is C12H14S2. The predicted molar refractivity (Wildman–Crippen MR) is 66.5 cm³/mol. The summed E-state index contributed by atoms with van der Waals surface area (Å²) in [5.41, 5.74) is 2.83. The minimum atomic E-state index is 1.15. The van der Waals surface area contributed by atoms with Crippen molar-refractivity contribution in [2.75, 3.05) is 0 Å². The normalized spacial score (nSPS) is 10.8. The fourth-order valence-electron chi connectivity index (χ4n) is 1.55. The van der Waals surface area contributed by atoms with Crippen LogP contribution in [0.2, 0.25) is 0 Å². The SMILES string of the molecule is CCc1cc(C)c(-c2sccc2C)s1. The van der Waals surface area contributed by atoms with Crippen LogP contribution in [0, 0.1) is 13.8 Å². The molecule has 0 aliphatic heterocycles. The van der Waals surface area contributed by atoms with Gasteiger partial charge in [0.15, 0.2) is 0 Å². The van der Waals surface area contributed by atoms with E-state index in [1.54, 1.807) is 0 Å². The number of hydrogen-bond acceptors (Lipinski definition) is 2. The molecule has 2 heteroatoms. The van der Waals surface area contributed by atoms with Crippen LogP contribution >= 0.6 is 22.7 Å². The van der Waals surface area contributed by atoms with Crippen LogP contribution in [0.4, 0.5) is 0 Å². The fourth-order valence-corrected chi connectivity index (χ4v) is 3.87. The second kappa shape index (κ2) is 3.87. The van der Waals surface area contributed by atoms with E-state index in [1.165, 1.54) is 25.8 Å². The monoisotopic (exact) mass is 222 g/mol. The molecule has 0 aromatic carbocycles. The van der Waals surface area contributed by atoms with E-state index in [0.717, 1.165) is 6.42 Å². The summed E-state index contributed by atoms with van der Waals surface area (Å²) < 4.78 is 0. The highest BCUT2D eigenvalue weighted by molar-refractivity contribution is 7.21. The first kappa shape index (κ1) is 9.94. The molecule has 2 aromatic rings. The van der Waals surface area contributed by atoms with Crippen molar-refractivity contribution in [3.63, 3.8) is 0 Å². The zero-order chi connectivity index (χ0) is 10.1. The lowest BCUT2D eigenvalue weighted by Crippen LogP contribution is -1.72.